The van der Waals surface area contributed by atoms with Gasteiger partial charge < -0.3 is 4.57 Å². The molecule has 0 saturated heterocycles. The quantitative estimate of drug-likeness (QED) is 0.687. The fourth-order valence-corrected chi connectivity index (χ4v) is 2.05. The predicted octanol–water partition coefficient (Wildman–Crippen LogP) is 2.56. The molecule has 0 aliphatic heterocycles. The minimum Gasteiger partial charge on any atom is -0.334 e. The molecule has 3 heteroatoms. The molecule has 0 spiro atoms. The monoisotopic (exact) mass is 182 g/mol. The molecule has 1 aliphatic carbocycles. The first kappa shape index (κ1) is 8.73. The van der Waals surface area contributed by atoms with Crippen molar-refractivity contribution >= 4 is 0 Å². The molecule has 1 saturated carbocycles. The molecular weight excluding hydrogens is 167 g/mol. The van der Waals surface area contributed by atoms with E-state index in [2.05, 4.69) is 4.98 Å². The lowest BCUT2D eigenvalue weighted by atomic mass is 9.86. The Balaban J connectivity index is 1.99. The van der Waals surface area contributed by atoms with Crippen LogP contribution in [0.3, 0.4) is 0 Å². The maximum absolute atomic E-state index is 14.1. The molecule has 2 nitrogen and oxygen atoms in total. The highest BCUT2D eigenvalue weighted by Crippen LogP contribution is 2.32. The van der Waals surface area contributed by atoms with Gasteiger partial charge >= 0.3 is 0 Å². The zero-order valence-electron chi connectivity index (χ0n) is 7.75. The molecule has 0 aromatic carbocycles. The highest BCUT2D eigenvalue weighted by atomic mass is 19.1. The molecule has 2 rings (SSSR count). The summed E-state index contributed by atoms with van der Waals surface area (Å²) in [5.41, 5.74) is -0.973. The Hall–Kier alpha value is -0.860. The molecule has 1 fully saturated rings. The van der Waals surface area contributed by atoms with E-state index in [9.17, 15) is 4.39 Å². The zero-order chi connectivity index (χ0) is 9.15. The van der Waals surface area contributed by atoms with Gasteiger partial charge in [0.25, 0.3) is 0 Å². The summed E-state index contributed by atoms with van der Waals surface area (Å²) < 4.78 is 15.9. The van der Waals surface area contributed by atoms with E-state index in [1.165, 1.54) is 6.42 Å². The number of halogens is 1. The topological polar surface area (TPSA) is 17.8 Å². The van der Waals surface area contributed by atoms with Crippen LogP contribution in [0.25, 0.3) is 0 Å². The van der Waals surface area contributed by atoms with E-state index in [0.29, 0.717) is 19.4 Å². The summed E-state index contributed by atoms with van der Waals surface area (Å²) in [6.07, 6.45) is 9.90. The molecule has 0 unspecified atom stereocenters. The van der Waals surface area contributed by atoms with Gasteiger partial charge in [0.1, 0.15) is 5.67 Å². The average Bonchev–Trinajstić information content (AvgIpc) is 2.57. The van der Waals surface area contributed by atoms with Gasteiger partial charge in [0, 0.05) is 12.4 Å². The third-order valence-electron chi connectivity index (χ3n) is 2.77. The summed E-state index contributed by atoms with van der Waals surface area (Å²) in [6.45, 7) is 0.479. The highest BCUT2D eigenvalue weighted by Gasteiger charge is 2.31. The normalized spacial score (nSPS) is 21.6. The third-order valence-corrected chi connectivity index (χ3v) is 2.77. The Bertz CT molecular complexity index is 250. The summed E-state index contributed by atoms with van der Waals surface area (Å²) >= 11 is 0. The summed E-state index contributed by atoms with van der Waals surface area (Å²) in [4.78, 5) is 3.92. The molecule has 1 aromatic heterocycles. The SMILES string of the molecule is FC1(Cn2ccnc2)CCCCC1. The van der Waals surface area contributed by atoms with Crippen LogP contribution in [0, 0.1) is 0 Å². The molecule has 0 bridgehead atoms. The largest absolute Gasteiger partial charge is 0.334 e. The molecular formula is C10H15FN2. The number of imidazole rings is 1. The van der Waals surface area contributed by atoms with Crippen LogP contribution in [0.5, 0.6) is 0 Å². The molecule has 1 heterocycles. The average molecular weight is 182 g/mol. The summed E-state index contributed by atoms with van der Waals surface area (Å²) in [6, 6.07) is 0. The Morgan fingerprint density at radius 3 is 2.69 bits per heavy atom. The van der Waals surface area contributed by atoms with Crippen LogP contribution in [0.2, 0.25) is 0 Å². The number of hydrogen-bond donors (Lipinski definition) is 0. The minimum atomic E-state index is -0.973. The standard InChI is InChI=1S/C10H15FN2/c11-10(4-2-1-3-5-10)8-13-7-6-12-9-13/h6-7,9H,1-5,8H2. The maximum atomic E-state index is 14.1. The fraction of sp³-hybridized carbons (Fsp3) is 0.700. The van der Waals surface area contributed by atoms with Crippen LogP contribution in [-0.4, -0.2) is 15.2 Å². The van der Waals surface area contributed by atoms with Gasteiger partial charge in [0.2, 0.25) is 0 Å². The summed E-state index contributed by atoms with van der Waals surface area (Å²) in [5.74, 6) is 0. The minimum absolute atomic E-state index is 0.479. The molecule has 13 heavy (non-hydrogen) atoms. The van der Waals surface area contributed by atoms with Crippen LogP contribution in [-0.2, 0) is 6.54 Å². The highest BCUT2D eigenvalue weighted by molar-refractivity contribution is 4.86. The van der Waals surface area contributed by atoms with Crippen molar-refractivity contribution in [2.75, 3.05) is 0 Å². The number of hydrogen-bond acceptors (Lipinski definition) is 1. The van der Waals surface area contributed by atoms with E-state index in [1.54, 1.807) is 12.5 Å². The second-order valence-electron chi connectivity index (χ2n) is 3.95. The van der Waals surface area contributed by atoms with Crippen molar-refractivity contribution in [3.63, 3.8) is 0 Å². The van der Waals surface area contributed by atoms with E-state index in [4.69, 9.17) is 0 Å². The van der Waals surface area contributed by atoms with Gasteiger partial charge in [-0.2, -0.15) is 0 Å². The fourth-order valence-electron chi connectivity index (χ4n) is 2.05. The van der Waals surface area contributed by atoms with Crippen molar-refractivity contribution in [3.8, 4) is 0 Å². The molecule has 1 aliphatic rings. The Kier molecular flexibility index (Phi) is 2.34. The molecule has 0 amide bonds. The number of nitrogens with zero attached hydrogens (tertiary/aromatic N) is 2. The van der Waals surface area contributed by atoms with Gasteiger partial charge in [0.05, 0.1) is 12.9 Å². The van der Waals surface area contributed by atoms with Crippen molar-refractivity contribution in [1.29, 1.82) is 0 Å². The lowest BCUT2D eigenvalue weighted by molar-refractivity contribution is 0.0858. The van der Waals surface area contributed by atoms with Crippen molar-refractivity contribution in [2.24, 2.45) is 0 Å². The third kappa shape index (κ3) is 2.08. The second-order valence-corrected chi connectivity index (χ2v) is 3.95. The number of alkyl halides is 1. The molecule has 0 atom stereocenters. The van der Waals surface area contributed by atoms with E-state index < -0.39 is 5.67 Å². The smallest absolute Gasteiger partial charge is 0.128 e. The Labute approximate surface area is 77.8 Å². The van der Waals surface area contributed by atoms with Crippen LogP contribution < -0.4 is 0 Å². The number of rotatable bonds is 2. The van der Waals surface area contributed by atoms with Gasteiger partial charge in [-0.25, -0.2) is 9.37 Å². The van der Waals surface area contributed by atoms with Crippen LogP contribution in [0.1, 0.15) is 32.1 Å². The van der Waals surface area contributed by atoms with Crippen LogP contribution in [0.4, 0.5) is 4.39 Å². The Morgan fingerprint density at radius 2 is 2.08 bits per heavy atom. The lowest BCUT2D eigenvalue weighted by Crippen LogP contribution is -2.31. The lowest BCUT2D eigenvalue weighted by Gasteiger charge is -2.29. The number of aromatic nitrogens is 2. The maximum Gasteiger partial charge on any atom is 0.128 e. The van der Waals surface area contributed by atoms with Gasteiger partial charge in [-0.3, -0.25) is 0 Å². The van der Waals surface area contributed by atoms with Gasteiger partial charge in [-0.1, -0.05) is 19.3 Å². The van der Waals surface area contributed by atoms with E-state index in [1.807, 2.05) is 10.8 Å². The summed E-state index contributed by atoms with van der Waals surface area (Å²) in [5, 5.41) is 0. The van der Waals surface area contributed by atoms with Crippen molar-refractivity contribution < 1.29 is 4.39 Å². The van der Waals surface area contributed by atoms with Gasteiger partial charge in [-0.05, 0) is 12.8 Å². The molecule has 0 radical (unpaired) electrons. The van der Waals surface area contributed by atoms with Crippen LogP contribution in [0.15, 0.2) is 18.7 Å². The van der Waals surface area contributed by atoms with Crippen molar-refractivity contribution in [3.05, 3.63) is 18.7 Å². The first-order valence-corrected chi connectivity index (χ1v) is 4.93. The van der Waals surface area contributed by atoms with Crippen LogP contribution >= 0.6 is 0 Å². The van der Waals surface area contributed by atoms with E-state index in [0.717, 1.165) is 12.8 Å². The van der Waals surface area contributed by atoms with Crippen molar-refractivity contribution in [1.82, 2.24) is 9.55 Å². The molecule has 1 aromatic rings. The summed E-state index contributed by atoms with van der Waals surface area (Å²) in [7, 11) is 0. The zero-order valence-corrected chi connectivity index (χ0v) is 7.75. The Morgan fingerprint density at radius 1 is 1.31 bits per heavy atom. The van der Waals surface area contributed by atoms with E-state index >= 15 is 0 Å². The van der Waals surface area contributed by atoms with E-state index in [-0.39, 0.29) is 0 Å². The predicted molar refractivity (Wildman–Crippen MR) is 49.2 cm³/mol. The van der Waals surface area contributed by atoms with Gasteiger partial charge in [0.15, 0.2) is 0 Å². The second kappa shape index (κ2) is 3.48. The van der Waals surface area contributed by atoms with Gasteiger partial charge in [-0.15, -0.1) is 0 Å². The molecule has 72 valence electrons. The first-order valence-electron chi connectivity index (χ1n) is 4.93. The molecule has 0 N–H and O–H groups in total. The first-order chi connectivity index (χ1) is 6.29. The van der Waals surface area contributed by atoms with Crippen molar-refractivity contribution in [2.45, 2.75) is 44.3 Å².